The van der Waals surface area contributed by atoms with Gasteiger partial charge in [-0.15, -0.1) is 0 Å². The first-order valence-electron chi connectivity index (χ1n) is 6.70. The molecule has 1 aromatic heterocycles. The van der Waals surface area contributed by atoms with Crippen LogP contribution in [0, 0.1) is 0 Å². The Labute approximate surface area is 109 Å². The highest BCUT2D eigenvalue weighted by atomic mass is 15.3. The van der Waals surface area contributed by atoms with Crippen molar-refractivity contribution in [2.75, 3.05) is 6.54 Å². The summed E-state index contributed by atoms with van der Waals surface area (Å²) in [6.45, 7) is 4.21. The van der Waals surface area contributed by atoms with Crippen LogP contribution in [-0.4, -0.2) is 16.3 Å². The van der Waals surface area contributed by atoms with Gasteiger partial charge in [0.15, 0.2) is 0 Å². The Balaban J connectivity index is 1.83. The Bertz CT molecular complexity index is 448. The van der Waals surface area contributed by atoms with E-state index in [1.165, 1.54) is 24.8 Å². The molecule has 0 atom stereocenters. The molecule has 0 fully saturated rings. The van der Waals surface area contributed by atoms with Gasteiger partial charge < -0.3 is 5.32 Å². The number of unbranched alkanes of at least 4 members (excludes halogenated alkanes) is 2. The third-order valence-electron chi connectivity index (χ3n) is 2.94. The SMILES string of the molecule is CCCCCNCc1cnn(-c2ccccc2)c1. The Kier molecular flexibility index (Phi) is 4.97. The molecule has 3 heteroatoms. The lowest BCUT2D eigenvalue weighted by Crippen LogP contribution is -2.14. The van der Waals surface area contributed by atoms with Gasteiger partial charge in [-0.1, -0.05) is 38.0 Å². The van der Waals surface area contributed by atoms with Gasteiger partial charge in [-0.2, -0.15) is 5.10 Å². The van der Waals surface area contributed by atoms with E-state index in [1.54, 1.807) is 0 Å². The molecule has 3 nitrogen and oxygen atoms in total. The summed E-state index contributed by atoms with van der Waals surface area (Å²) in [6.07, 6.45) is 7.84. The van der Waals surface area contributed by atoms with Crippen molar-refractivity contribution in [1.29, 1.82) is 0 Å². The lowest BCUT2D eigenvalue weighted by atomic mass is 10.2. The van der Waals surface area contributed by atoms with Crippen molar-refractivity contribution in [2.24, 2.45) is 0 Å². The first kappa shape index (κ1) is 12.8. The van der Waals surface area contributed by atoms with E-state index >= 15 is 0 Å². The molecule has 2 aromatic rings. The molecule has 0 saturated heterocycles. The number of para-hydroxylation sites is 1. The van der Waals surface area contributed by atoms with E-state index in [-0.39, 0.29) is 0 Å². The summed E-state index contributed by atoms with van der Waals surface area (Å²) < 4.78 is 1.92. The van der Waals surface area contributed by atoms with Crippen LogP contribution in [0.4, 0.5) is 0 Å². The molecule has 1 N–H and O–H groups in total. The zero-order valence-electron chi connectivity index (χ0n) is 11.0. The molecule has 0 saturated carbocycles. The normalized spacial score (nSPS) is 10.7. The van der Waals surface area contributed by atoms with Gasteiger partial charge in [-0.05, 0) is 25.1 Å². The van der Waals surface area contributed by atoms with Crippen LogP contribution in [-0.2, 0) is 6.54 Å². The van der Waals surface area contributed by atoms with Crippen LogP contribution in [0.25, 0.3) is 5.69 Å². The maximum absolute atomic E-state index is 4.38. The standard InChI is InChI=1S/C15H21N3/c1-2-3-7-10-16-11-14-12-17-18(13-14)15-8-5-4-6-9-15/h4-6,8-9,12-13,16H,2-3,7,10-11H2,1H3. The summed E-state index contributed by atoms with van der Waals surface area (Å²) in [6, 6.07) is 10.2. The fourth-order valence-corrected chi connectivity index (χ4v) is 1.91. The zero-order chi connectivity index (χ0) is 12.6. The van der Waals surface area contributed by atoms with E-state index in [1.807, 2.05) is 29.1 Å². The number of nitrogens with zero attached hydrogens (tertiary/aromatic N) is 2. The van der Waals surface area contributed by atoms with Crippen molar-refractivity contribution in [3.63, 3.8) is 0 Å². The van der Waals surface area contributed by atoms with Crippen molar-refractivity contribution < 1.29 is 0 Å². The predicted molar refractivity (Wildman–Crippen MR) is 74.8 cm³/mol. The molecule has 0 spiro atoms. The quantitative estimate of drug-likeness (QED) is 0.757. The summed E-state index contributed by atoms with van der Waals surface area (Å²) in [7, 11) is 0. The van der Waals surface area contributed by atoms with E-state index in [0.717, 1.165) is 18.8 Å². The first-order chi connectivity index (χ1) is 8.90. The van der Waals surface area contributed by atoms with E-state index in [2.05, 4.69) is 35.7 Å². The van der Waals surface area contributed by atoms with Gasteiger partial charge in [0.05, 0.1) is 11.9 Å². The van der Waals surface area contributed by atoms with E-state index in [0.29, 0.717) is 0 Å². The Morgan fingerprint density at radius 2 is 2.00 bits per heavy atom. The molecule has 0 aliphatic carbocycles. The predicted octanol–water partition coefficient (Wildman–Crippen LogP) is 3.15. The van der Waals surface area contributed by atoms with E-state index in [4.69, 9.17) is 0 Å². The fourth-order valence-electron chi connectivity index (χ4n) is 1.91. The maximum atomic E-state index is 4.38. The van der Waals surface area contributed by atoms with Crippen LogP contribution in [0.2, 0.25) is 0 Å². The topological polar surface area (TPSA) is 29.9 Å². The molecule has 2 rings (SSSR count). The molecule has 1 heterocycles. The smallest absolute Gasteiger partial charge is 0.0645 e. The van der Waals surface area contributed by atoms with Gasteiger partial charge in [0.2, 0.25) is 0 Å². The average Bonchev–Trinajstić information content (AvgIpc) is 2.88. The number of nitrogens with one attached hydrogen (secondary N) is 1. The molecule has 0 aliphatic rings. The van der Waals surface area contributed by atoms with Crippen LogP contribution >= 0.6 is 0 Å². The van der Waals surface area contributed by atoms with Gasteiger partial charge in [0.1, 0.15) is 0 Å². The molecule has 18 heavy (non-hydrogen) atoms. The van der Waals surface area contributed by atoms with Gasteiger partial charge in [-0.25, -0.2) is 4.68 Å². The van der Waals surface area contributed by atoms with Crippen LogP contribution < -0.4 is 5.32 Å². The number of aromatic nitrogens is 2. The second kappa shape index (κ2) is 6.97. The Hall–Kier alpha value is -1.61. The summed E-state index contributed by atoms with van der Waals surface area (Å²) in [5.74, 6) is 0. The van der Waals surface area contributed by atoms with Gasteiger partial charge in [0.25, 0.3) is 0 Å². The number of rotatable bonds is 7. The second-order valence-corrected chi connectivity index (χ2v) is 4.51. The summed E-state index contributed by atoms with van der Waals surface area (Å²) in [5, 5.41) is 7.83. The number of benzene rings is 1. The first-order valence-corrected chi connectivity index (χ1v) is 6.70. The minimum absolute atomic E-state index is 0.899. The molecule has 0 amide bonds. The van der Waals surface area contributed by atoms with Gasteiger partial charge in [0, 0.05) is 18.3 Å². The molecule has 0 bridgehead atoms. The van der Waals surface area contributed by atoms with Gasteiger partial charge in [-0.3, -0.25) is 0 Å². The van der Waals surface area contributed by atoms with Crippen molar-refractivity contribution >= 4 is 0 Å². The van der Waals surface area contributed by atoms with Gasteiger partial charge >= 0.3 is 0 Å². The van der Waals surface area contributed by atoms with E-state index in [9.17, 15) is 0 Å². The minimum atomic E-state index is 0.899. The Morgan fingerprint density at radius 1 is 1.17 bits per heavy atom. The van der Waals surface area contributed by atoms with Crippen molar-refractivity contribution in [3.8, 4) is 5.69 Å². The Morgan fingerprint density at radius 3 is 2.78 bits per heavy atom. The average molecular weight is 243 g/mol. The molecule has 0 radical (unpaired) electrons. The largest absolute Gasteiger partial charge is 0.313 e. The fraction of sp³-hybridized carbons (Fsp3) is 0.400. The summed E-state index contributed by atoms with van der Waals surface area (Å²) >= 11 is 0. The van der Waals surface area contributed by atoms with Crippen molar-refractivity contribution in [2.45, 2.75) is 32.7 Å². The van der Waals surface area contributed by atoms with Crippen LogP contribution in [0.3, 0.4) is 0 Å². The minimum Gasteiger partial charge on any atom is -0.313 e. The summed E-state index contributed by atoms with van der Waals surface area (Å²) in [4.78, 5) is 0. The highest BCUT2D eigenvalue weighted by Crippen LogP contribution is 2.07. The molecular weight excluding hydrogens is 222 g/mol. The highest BCUT2D eigenvalue weighted by Gasteiger charge is 1.99. The second-order valence-electron chi connectivity index (χ2n) is 4.51. The summed E-state index contributed by atoms with van der Waals surface area (Å²) in [5.41, 5.74) is 2.34. The lowest BCUT2D eigenvalue weighted by molar-refractivity contribution is 0.617. The molecule has 1 aromatic carbocycles. The lowest BCUT2D eigenvalue weighted by Gasteiger charge is -2.02. The molecule has 96 valence electrons. The van der Waals surface area contributed by atoms with Crippen LogP contribution in [0.15, 0.2) is 42.7 Å². The molecule has 0 unspecified atom stereocenters. The van der Waals surface area contributed by atoms with Crippen LogP contribution in [0.5, 0.6) is 0 Å². The van der Waals surface area contributed by atoms with Crippen molar-refractivity contribution in [1.82, 2.24) is 15.1 Å². The van der Waals surface area contributed by atoms with Crippen LogP contribution in [0.1, 0.15) is 31.7 Å². The third kappa shape index (κ3) is 3.70. The molecular formula is C15H21N3. The third-order valence-corrected chi connectivity index (χ3v) is 2.94. The number of hydrogen-bond acceptors (Lipinski definition) is 2. The zero-order valence-corrected chi connectivity index (χ0v) is 11.0. The maximum Gasteiger partial charge on any atom is 0.0645 e. The monoisotopic (exact) mass is 243 g/mol. The highest BCUT2D eigenvalue weighted by molar-refractivity contribution is 5.30. The number of hydrogen-bond donors (Lipinski definition) is 1. The van der Waals surface area contributed by atoms with Crippen molar-refractivity contribution in [3.05, 3.63) is 48.3 Å². The van der Waals surface area contributed by atoms with E-state index < -0.39 is 0 Å². The molecule has 0 aliphatic heterocycles.